The van der Waals surface area contributed by atoms with Crippen LogP contribution in [0.2, 0.25) is 0 Å². The molecule has 1 unspecified atom stereocenters. The Morgan fingerprint density at radius 2 is 1.80 bits per heavy atom. The van der Waals surface area contributed by atoms with Gasteiger partial charge in [0, 0.05) is 6.04 Å². The van der Waals surface area contributed by atoms with E-state index in [0.717, 1.165) is 32.5 Å². The first-order chi connectivity index (χ1) is 6.89. The normalized spacial score (nSPS) is 14.5. The molecule has 0 saturated heterocycles. The smallest absolute Gasteiger partial charge is 0.208 e. The predicted molar refractivity (Wildman–Crippen MR) is 64.5 cm³/mol. The van der Waals surface area contributed by atoms with Gasteiger partial charge < -0.3 is 4.90 Å². The number of nitrogens with one attached hydrogen (secondary N) is 1. The highest BCUT2D eigenvalue weighted by molar-refractivity contribution is 7.88. The van der Waals surface area contributed by atoms with Crippen molar-refractivity contribution in [3.05, 3.63) is 0 Å². The first-order valence-electron chi connectivity index (χ1n) is 5.58. The summed E-state index contributed by atoms with van der Waals surface area (Å²) < 4.78 is 24.4. The van der Waals surface area contributed by atoms with Crippen molar-refractivity contribution in [1.29, 1.82) is 0 Å². The van der Waals surface area contributed by atoms with E-state index in [0.29, 0.717) is 0 Å². The summed E-state index contributed by atoms with van der Waals surface area (Å²) in [6, 6.07) is 0.0376. The molecule has 15 heavy (non-hydrogen) atoms. The molecule has 0 fully saturated rings. The first kappa shape index (κ1) is 14.9. The highest BCUT2D eigenvalue weighted by atomic mass is 32.2. The molecular formula is C10H24N2O2S. The van der Waals surface area contributed by atoms with Gasteiger partial charge in [-0.2, -0.15) is 0 Å². The molecule has 0 bridgehead atoms. The number of sulfonamides is 1. The van der Waals surface area contributed by atoms with Crippen LogP contribution in [0.15, 0.2) is 0 Å². The Kier molecular flexibility index (Phi) is 7.13. The van der Waals surface area contributed by atoms with Crippen LogP contribution >= 0.6 is 0 Å². The Hall–Kier alpha value is -0.130. The predicted octanol–water partition coefficient (Wildman–Crippen LogP) is 1.05. The van der Waals surface area contributed by atoms with Crippen molar-refractivity contribution in [3.8, 4) is 0 Å². The Balaban J connectivity index is 3.68. The van der Waals surface area contributed by atoms with Crippen molar-refractivity contribution in [3.63, 3.8) is 0 Å². The van der Waals surface area contributed by atoms with Crippen molar-refractivity contribution < 1.29 is 8.42 Å². The molecule has 92 valence electrons. The Morgan fingerprint density at radius 1 is 1.27 bits per heavy atom. The minimum Gasteiger partial charge on any atom is -0.304 e. The maximum Gasteiger partial charge on any atom is 0.208 e. The van der Waals surface area contributed by atoms with Crippen LogP contribution in [0.4, 0.5) is 0 Å². The molecule has 0 aliphatic carbocycles. The minimum absolute atomic E-state index is 0.0376. The van der Waals surface area contributed by atoms with E-state index in [1.54, 1.807) is 0 Å². The van der Waals surface area contributed by atoms with E-state index >= 15 is 0 Å². The van der Waals surface area contributed by atoms with Gasteiger partial charge in [-0.25, -0.2) is 13.1 Å². The third-order valence-electron chi connectivity index (χ3n) is 2.42. The van der Waals surface area contributed by atoms with E-state index in [1.165, 1.54) is 6.26 Å². The Bertz CT molecular complexity index is 248. The quantitative estimate of drug-likeness (QED) is 0.685. The molecule has 5 heteroatoms. The lowest BCUT2D eigenvalue weighted by molar-refractivity contribution is 0.293. The second-order valence-corrected chi connectivity index (χ2v) is 5.74. The van der Waals surface area contributed by atoms with Crippen molar-refractivity contribution in [2.45, 2.75) is 39.7 Å². The minimum atomic E-state index is -3.05. The number of hydrogen-bond acceptors (Lipinski definition) is 3. The molecule has 0 amide bonds. The van der Waals surface area contributed by atoms with E-state index in [9.17, 15) is 8.42 Å². The monoisotopic (exact) mass is 236 g/mol. The van der Waals surface area contributed by atoms with Crippen LogP contribution in [0.25, 0.3) is 0 Å². The fraction of sp³-hybridized carbons (Fsp3) is 1.00. The lowest BCUT2D eigenvalue weighted by atomic mass is 10.2. The van der Waals surface area contributed by atoms with E-state index < -0.39 is 10.0 Å². The summed E-state index contributed by atoms with van der Waals surface area (Å²) in [4.78, 5) is 2.34. The second-order valence-electron chi connectivity index (χ2n) is 3.96. The van der Waals surface area contributed by atoms with Gasteiger partial charge in [0.05, 0.1) is 6.26 Å². The maximum atomic E-state index is 10.9. The summed E-state index contributed by atoms with van der Waals surface area (Å²) in [6.45, 7) is 9.35. The topological polar surface area (TPSA) is 49.4 Å². The van der Waals surface area contributed by atoms with Crippen LogP contribution in [0, 0.1) is 0 Å². The second kappa shape index (κ2) is 7.19. The van der Waals surface area contributed by atoms with Gasteiger partial charge in [-0.15, -0.1) is 0 Å². The van der Waals surface area contributed by atoms with Crippen LogP contribution in [0.5, 0.6) is 0 Å². The summed E-state index contributed by atoms with van der Waals surface area (Å²) in [5.74, 6) is 0. The Morgan fingerprint density at radius 3 is 2.20 bits per heavy atom. The molecule has 0 rings (SSSR count). The summed E-state index contributed by atoms with van der Waals surface area (Å²) in [7, 11) is -3.05. The van der Waals surface area contributed by atoms with Crippen LogP contribution in [0.1, 0.15) is 33.6 Å². The SMILES string of the molecule is CCN(CC)CCCC(C)NS(C)(=O)=O. The van der Waals surface area contributed by atoms with Gasteiger partial charge in [-0.1, -0.05) is 13.8 Å². The number of hydrogen-bond donors (Lipinski definition) is 1. The zero-order chi connectivity index (χ0) is 11.9. The van der Waals surface area contributed by atoms with E-state index in [2.05, 4.69) is 23.5 Å². The molecule has 0 aromatic rings. The highest BCUT2D eigenvalue weighted by Crippen LogP contribution is 2.00. The maximum absolute atomic E-state index is 10.9. The van der Waals surface area contributed by atoms with E-state index in [-0.39, 0.29) is 6.04 Å². The first-order valence-corrected chi connectivity index (χ1v) is 7.47. The average Bonchev–Trinajstić information content (AvgIpc) is 2.09. The Labute approximate surface area is 94.1 Å². The van der Waals surface area contributed by atoms with Gasteiger partial charge in [-0.05, 0) is 39.4 Å². The number of rotatable bonds is 8. The lowest BCUT2D eigenvalue weighted by Crippen LogP contribution is -2.32. The van der Waals surface area contributed by atoms with Gasteiger partial charge in [-0.3, -0.25) is 0 Å². The third-order valence-corrected chi connectivity index (χ3v) is 3.25. The van der Waals surface area contributed by atoms with Crippen molar-refractivity contribution in [2.24, 2.45) is 0 Å². The fourth-order valence-corrected chi connectivity index (χ4v) is 2.43. The molecular weight excluding hydrogens is 212 g/mol. The molecule has 1 atom stereocenters. The van der Waals surface area contributed by atoms with Gasteiger partial charge in [0.15, 0.2) is 0 Å². The van der Waals surface area contributed by atoms with Crippen LogP contribution in [-0.4, -0.2) is 45.2 Å². The molecule has 0 aliphatic heterocycles. The highest BCUT2D eigenvalue weighted by Gasteiger charge is 2.08. The average molecular weight is 236 g/mol. The zero-order valence-corrected chi connectivity index (χ0v) is 11.1. The zero-order valence-electron chi connectivity index (χ0n) is 10.3. The van der Waals surface area contributed by atoms with Gasteiger partial charge in [0.2, 0.25) is 10.0 Å². The van der Waals surface area contributed by atoms with Gasteiger partial charge >= 0.3 is 0 Å². The number of nitrogens with zero attached hydrogens (tertiary/aromatic N) is 1. The molecule has 0 heterocycles. The lowest BCUT2D eigenvalue weighted by Gasteiger charge is -2.19. The molecule has 1 N–H and O–H groups in total. The van der Waals surface area contributed by atoms with Crippen molar-refractivity contribution >= 4 is 10.0 Å². The molecule has 0 aromatic heterocycles. The van der Waals surface area contributed by atoms with Crippen LogP contribution < -0.4 is 4.72 Å². The van der Waals surface area contributed by atoms with E-state index in [1.807, 2.05) is 6.92 Å². The van der Waals surface area contributed by atoms with E-state index in [4.69, 9.17) is 0 Å². The summed E-state index contributed by atoms with van der Waals surface area (Å²) in [5, 5.41) is 0. The van der Waals surface area contributed by atoms with Crippen LogP contribution in [-0.2, 0) is 10.0 Å². The molecule has 0 saturated carbocycles. The molecule has 0 aliphatic rings. The largest absolute Gasteiger partial charge is 0.304 e. The standard InChI is InChI=1S/C10H24N2O2S/c1-5-12(6-2)9-7-8-10(3)11-15(4,13)14/h10-11H,5-9H2,1-4H3. The van der Waals surface area contributed by atoms with Gasteiger partial charge in [0.25, 0.3) is 0 Å². The van der Waals surface area contributed by atoms with Crippen LogP contribution in [0.3, 0.4) is 0 Å². The fourth-order valence-electron chi connectivity index (χ4n) is 1.59. The van der Waals surface area contributed by atoms with Crippen molar-refractivity contribution in [2.75, 3.05) is 25.9 Å². The molecule has 4 nitrogen and oxygen atoms in total. The molecule has 0 aromatic carbocycles. The van der Waals surface area contributed by atoms with Gasteiger partial charge in [0.1, 0.15) is 0 Å². The third kappa shape index (κ3) is 8.84. The summed E-state index contributed by atoms with van der Waals surface area (Å²) in [6.07, 6.45) is 3.13. The molecule has 0 spiro atoms. The summed E-state index contributed by atoms with van der Waals surface area (Å²) >= 11 is 0. The summed E-state index contributed by atoms with van der Waals surface area (Å²) in [5.41, 5.74) is 0. The van der Waals surface area contributed by atoms with Crippen molar-refractivity contribution in [1.82, 2.24) is 9.62 Å². The molecule has 0 radical (unpaired) electrons.